The van der Waals surface area contributed by atoms with E-state index in [4.69, 9.17) is 10.5 Å². The largest absolute Gasteiger partial charge is 0.497 e. The highest BCUT2D eigenvalue weighted by Gasteiger charge is 2.22. The molecule has 2 N–H and O–H groups in total. The smallest absolute Gasteiger partial charge is 0.264 e. The molecule has 7 heteroatoms. The number of anilines is 2. The van der Waals surface area contributed by atoms with E-state index in [-0.39, 0.29) is 10.6 Å². The molecule has 2 aromatic carbocycles. The summed E-state index contributed by atoms with van der Waals surface area (Å²) in [5.41, 5.74) is 5.98. The van der Waals surface area contributed by atoms with Gasteiger partial charge in [0.05, 0.1) is 17.7 Å². The topological polar surface area (TPSA) is 72.6 Å². The number of nitrogens with two attached hydrogens (primary N) is 1. The first kappa shape index (κ1) is 15.1. The maximum Gasteiger partial charge on any atom is 0.264 e. The van der Waals surface area contributed by atoms with Gasteiger partial charge in [-0.05, 0) is 42.5 Å². The van der Waals surface area contributed by atoms with Gasteiger partial charge in [0.15, 0.2) is 0 Å². The second kappa shape index (κ2) is 5.61. The Kier molecular flexibility index (Phi) is 4.04. The fourth-order valence-electron chi connectivity index (χ4n) is 1.82. The molecular formula is C14H15FN2O3S. The number of hydrogen-bond acceptors (Lipinski definition) is 4. The van der Waals surface area contributed by atoms with Gasteiger partial charge in [0.1, 0.15) is 11.6 Å². The van der Waals surface area contributed by atoms with Crippen molar-refractivity contribution in [3.63, 3.8) is 0 Å². The Hall–Kier alpha value is -2.28. The standard InChI is InChI=1S/C14H15FN2O3S/c1-17(12-3-5-13(20-2)6-4-12)21(18,19)14-8-10(15)7-11(16)9-14/h3-9H,16H2,1-2H3. The normalized spacial score (nSPS) is 11.2. The Bertz CT molecular complexity index is 725. The summed E-state index contributed by atoms with van der Waals surface area (Å²) in [5, 5.41) is 0. The Labute approximate surface area is 122 Å². The Morgan fingerprint density at radius 3 is 2.29 bits per heavy atom. The van der Waals surface area contributed by atoms with Gasteiger partial charge in [-0.3, -0.25) is 4.31 Å². The first-order chi connectivity index (χ1) is 9.84. The van der Waals surface area contributed by atoms with Crippen LogP contribution in [0.1, 0.15) is 0 Å². The number of methoxy groups -OCH3 is 1. The Morgan fingerprint density at radius 1 is 1.14 bits per heavy atom. The van der Waals surface area contributed by atoms with Gasteiger partial charge in [-0.1, -0.05) is 0 Å². The summed E-state index contributed by atoms with van der Waals surface area (Å²) < 4.78 is 44.3. The summed E-state index contributed by atoms with van der Waals surface area (Å²) in [6, 6.07) is 9.69. The van der Waals surface area contributed by atoms with Gasteiger partial charge in [-0.2, -0.15) is 0 Å². The minimum Gasteiger partial charge on any atom is -0.497 e. The molecule has 0 aliphatic rings. The highest BCUT2D eigenvalue weighted by atomic mass is 32.2. The predicted molar refractivity (Wildman–Crippen MR) is 79.4 cm³/mol. The van der Waals surface area contributed by atoms with Crippen LogP contribution in [0, 0.1) is 5.82 Å². The molecule has 0 aliphatic carbocycles. The third-order valence-corrected chi connectivity index (χ3v) is 4.75. The number of nitrogens with zero attached hydrogens (tertiary/aromatic N) is 1. The maximum absolute atomic E-state index is 13.3. The molecule has 21 heavy (non-hydrogen) atoms. The summed E-state index contributed by atoms with van der Waals surface area (Å²) in [6.45, 7) is 0. The van der Waals surface area contributed by atoms with Crippen LogP contribution in [-0.2, 0) is 10.0 Å². The lowest BCUT2D eigenvalue weighted by atomic mass is 10.3. The number of benzene rings is 2. The fourth-order valence-corrected chi connectivity index (χ4v) is 3.08. The van der Waals surface area contributed by atoms with Crippen LogP contribution in [0.2, 0.25) is 0 Å². The van der Waals surface area contributed by atoms with Crippen LogP contribution in [0.25, 0.3) is 0 Å². The molecule has 0 amide bonds. The summed E-state index contributed by atoms with van der Waals surface area (Å²) in [7, 11) is -0.978. The highest BCUT2D eigenvalue weighted by molar-refractivity contribution is 7.92. The monoisotopic (exact) mass is 310 g/mol. The second-order valence-corrected chi connectivity index (χ2v) is 6.36. The number of nitrogen functional groups attached to an aromatic ring is 1. The zero-order chi connectivity index (χ0) is 15.6. The fraction of sp³-hybridized carbons (Fsp3) is 0.143. The highest BCUT2D eigenvalue weighted by Crippen LogP contribution is 2.25. The first-order valence-electron chi connectivity index (χ1n) is 6.03. The van der Waals surface area contributed by atoms with Gasteiger partial charge in [-0.25, -0.2) is 12.8 Å². The van der Waals surface area contributed by atoms with Crippen LogP contribution >= 0.6 is 0 Å². The average molecular weight is 310 g/mol. The van der Waals surface area contributed by atoms with E-state index in [0.717, 1.165) is 16.4 Å². The Balaban J connectivity index is 2.41. The van der Waals surface area contributed by atoms with Crippen molar-refractivity contribution in [3.8, 4) is 5.75 Å². The molecular weight excluding hydrogens is 295 g/mol. The molecule has 5 nitrogen and oxygen atoms in total. The van der Waals surface area contributed by atoms with E-state index in [9.17, 15) is 12.8 Å². The minimum atomic E-state index is -3.88. The molecule has 112 valence electrons. The minimum absolute atomic E-state index is 0.0525. The van der Waals surface area contributed by atoms with Crippen molar-refractivity contribution in [2.45, 2.75) is 4.90 Å². The molecule has 2 rings (SSSR count). The molecule has 0 atom stereocenters. The lowest BCUT2D eigenvalue weighted by Gasteiger charge is -2.20. The average Bonchev–Trinajstić information content (AvgIpc) is 2.45. The van der Waals surface area contributed by atoms with E-state index in [1.54, 1.807) is 24.3 Å². The number of hydrogen-bond donors (Lipinski definition) is 1. The van der Waals surface area contributed by atoms with Gasteiger partial charge >= 0.3 is 0 Å². The Morgan fingerprint density at radius 2 is 1.76 bits per heavy atom. The molecule has 0 aliphatic heterocycles. The van der Waals surface area contributed by atoms with E-state index in [0.29, 0.717) is 11.4 Å². The molecule has 0 aromatic heterocycles. The van der Waals surface area contributed by atoms with Gasteiger partial charge in [-0.15, -0.1) is 0 Å². The van der Waals surface area contributed by atoms with Crippen LogP contribution < -0.4 is 14.8 Å². The molecule has 2 aromatic rings. The molecule has 0 heterocycles. The van der Waals surface area contributed by atoms with Gasteiger partial charge in [0.25, 0.3) is 10.0 Å². The van der Waals surface area contributed by atoms with Crippen LogP contribution in [0.3, 0.4) is 0 Å². The van der Waals surface area contributed by atoms with Gasteiger partial charge in [0, 0.05) is 12.7 Å². The summed E-state index contributed by atoms with van der Waals surface area (Å²) >= 11 is 0. The quantitative estimate of drug-likeness (QED) is 0.879. The lowest BCUT2D eigenvalue weighted by Crippen LogP contribution is -2.26. The van der Waals surface area contributed by atoms with Gasteiger partial charge in [0.2, 0.25) is 0 Å². The predicted octanol–water partition coefficient (Wildman–Crippen LogP) is 2.24. The van der Waals surface area contributed by atoms with E-state index in [1.165, 1.54) is 20.2 Å². The number of ether oxygens (including phenoxy) is 1. The van der Waals surface area contributed by atoms with Crippen LogP contribution in [0.4, 0.5) is 15.8 Å². The maximum atomic E-state index is 13.3. The molecule has 0 saturated heterocycles. The number of rotatable bonds is 4. The van der Waals surface area contributed by atoms with E-state index in [2.05, 4.69) is 0 Å². The van der Waals surface area contributed by atoms with Gasteiger partial charge < -0.3 is 10.5 Å². The summed E-state index contributed by atoms with van der Waals surface area (Å²) in [4.78, 5) is -0.196. The van der Waals surface area contributed by atoms with Crippen molar-refractivity contribution in [2.75, 3.05) is 24.2 Å². The second-order valence-electron chi connectivity index (χ2n) is 4.39. The van der Waals surface area contributed by atoms with Crippen molar-refractivity contribution in [2.24, 2.45) is 0 Å². The lowest BCUT2D eigenvalue weighted by molar-refractivity contribution is 0.415. The van der Waals surface area contributed by atoms with Crippen LogP contribution in [0.15, 0.2) is 47.4 Å². The van der Waals surface area contributed by atoms with Crippen molar-refractivity contribution < 1.29 is 17.5 Å². The van der Waals surface area contributed by atoms with Crippen molar-refractivity contribution in [3.05, 3.63) is 48.3 Å². The molecule has 0 radical (unpaired) electrons. The van der Waals surface area contributed by atoms with Crippen molar-refractivity contribution >= 4 is 21.4 Å². The van der Waals surface area contributed by atoms with E-state index >= 15 is 0 Å². The summed E-state index contributed by atoms with van der Waals surface area (Å²) in [5.74, 6) is -0.0868. The molecule has 0 unspecified atom stereocenters. The first-order valence-corrected chi connectivity index (χ1v) is 7.47. The number of halogens is 1. The van der Waals surface area contributed by atoms with E-state index < -0.39 is 15.8 Å². The van der Waals surface area contributed by atoms with Crippen LogP contribution in [-0.4, -0.2) is 22.6 Å². The molecule has 0 bridgehead atoms. The van der Waals surface area contributed by atoms with E-state index in [1.807, 2.05) is 0 Å². The van der Waals surface area contributed by atoms with Crippen molar-refractivity contribution in [1.29, 1.82) is 0 Å². The van der Waals surface area contributed by atoms with Crippen molar-refractivity contribution in [1.82, 2.24) is 0 Å². The SMILES string of the molecule is COc1ccc(N(C)S(=O)(=O)c2cc(N)cc(F)c2)cc1. The zero-order valence-corrected chi connectivity index (χ0v) is 12.4. The third kappa shape index (κ3) is 3.08. The number of sulfonamides is 1. The van der Waals surface area contributed by atoms with Crippen LogP contribution in [0.5, 0.6) is 5.75 Å². The summed E-state index contributed by atoms with van der Waals surface area (Å²) in [6.07, 6.45) is 0. The third-order valence-electron chi connectivity index (χ3n) is 2.99. The molecule has 0 saturated carbocycles. The molecule has 0 fully saturated rings. The zero-order valence-electron chi connectivity index (χ0n) is 11.6. The molecule has 0 spiro atoms.